The Hall–Kier alpha value is -0.940. The van der Waals surface area contributed by atoms with Gasteiger partial charge in [-0.05, 0) is 26.6 Å². The van der Waals surface area contributed by atoms with E-state index in [-0.39, 0.29) is 6.10 Å². The molecule has 1 aromatic carbocycles. The van der Waals surface area contributed by atoms with Crippen LogP contribution in [0.1, 0.15) is 17.2 Å². The van der Waals surface area contributed by atoms with E-state index in [1.54, 1.807) is 0 Å². The molecule has 1 aromatic rings. The molecule has 1 aliphatic rings. The molecule has 2 rings (SSSR count). The molecular formula is C17H29N3O. The van der Waals surface area contributed by atoms with Crippen LogP contribution >= 0.6 is 0 Å². The second kappa shape index (κ2) is 7.90. The van der Waals surface area contributed by atoms with Crippen LogP contribution < -0.4 is 0 Å². The average molecular weight is 291 g/mol. The number of benzene rings is 1. The Labute approximate surface area is 129 Å². The molecule has 0 saturated carbocycles. The van der Waals surface area contributed by atoms with Crippen LogP contribution in [0.2, 0.25) is 0 Å². The molecule has 4 heteroatoms. The van der Waals surface area contributed by atoms with Crippen molar-refractivity contribution in [2.24, 2.45) is 0 Å². The van der Waals surface area contributed by atoms with Crippen molar-refractivity contribution < 1.29 is 5.11 Å². The van der Waals surface area contributed by atoms with Gasteiger partial charge < -0.3 is 10.0 Å². The summed E-state index contributed by atoms with van der Waals surface area (Å²) in [5.41, 5.74) is 2.26. The first-order valence-corrected chi connectivity index (χ1v) is 7.88. The number of aryl methyl sites for hydroxylation is 1. The van der Waals surface area contributed by atoms with E-state index in [0.29, 0.717) is 0 Å². The van der Waals surface area contributed by atoms with E-state index in [4.69, 9.17) is 0 Å². The fourth-order valence-electron chi connectivity index (χ4n) is 2.68. The third-order valence-corrected chi connectivity index (χ3v) is 4.22. The number of hydrogen-bond donors (Lipinski definition) is 1. The average Bonchev–Trinajstić information content (AvgIpc) is 2.47. The second-order valence-electron chi connectivity index (χ2n) is 6.37. The van der Waals surface area contributed by atoms with Crippen molar-refractivity contribution in [2.75, 3.05) is 59.9 Å². The van der Waals surface area contributed by atoms with Crippen LogP contribution in [0.4, 0.5) is 0 Å². The summed E-state index contributed by atoms with van der Waals surface area (Å²) >= 11 is 0. The van der Waals surface area contributed by atoms with E-state index in [2.05, 4.69) is 47.9 Å². The minimum atomic E-state index is -0.376. The Morgan fingerprint density at radius 3 is 2.19 bits per heavy atom. The van der Waals surface area contributed by atoms with E-state index >= 15 is 0 Å². The van der Waals surface area contributed by atoms with E-state index in [0.717, 1.165) is 51.4 Å². The van der Waals surface area contributed by atoms with Crippen LogP contribution in [0.3, 0.4) is 0 Å². The summed E-state index contributed by atoms with van der Waals surface area (Å²) in [7, 11) is 4.24. The summed E-state index contributed by atoms with van der Waals surface area (Å²) in [6.45, 7) is 9.39. The number of aliphatic hydroxyl groups is 1. The third-order valence-electron chi connectivity index (χ3n) is 4.22. The number of β-amino-alcohol motifs (C(OH)–C–C–N with tert-alkyl or cyclic N) is 1. The standard InChI is InChI=1S/C17H29N3O/c1-15-4-6-16(7-5-15)17(21)14-20-12-10-19(11-13-20)9-8-18(2)3/h4-7,17,21H,8-14H2,1-3H3. The van der Waals surface area contributed by atoms with E-state index in [9.17, 15) is 5.11 Å². The Morgan fingerprint density at radius 2 is 1.62 bits per heavy atom. The van der Waals surface area contributed by atoms with Crippen LogP contribution in [-0.4, -0.2) is 79.7 Å². The second-order valence-corrected chi connectivity index (χ2v) is 6.37. The van der Waals surface area contributed by atoms with Crippen molar-refractivity contribution in [1.29, 1.82) is 0 Å². The first-order valence-electron chi connectivity index (χ1n) is 7.88. The molecule has 0 aliphatic carbocycles. The zero-order chi connectivity index (χ0) is 15.2. The molecular weight excluding hydrogens is 262 g/mol. The maximum absolute atomic E-state index is 10.3. The van der Waals surface area contributed by atoms with Gasteiger partial charge >= 0.3 is 0 Å². The number of piperazine rings is 1. The van der Waals surface area contributed by atoms with Gasteiger partial charge in [0.05, 0.1) is 6.10 Å². The summed E-state index contributed by atoms with van der Waals surface area (Å²) < 4.78 is 0. The minimum absolute atomic E-state index is 0.376. The molecule has 1 heterocycles. The zero-order valence-electron chi connectivity index (χ0n) is 13.6. The largest absolute Gasteiger partial charge is 0.387 e. The highest BCUT2D eigenvalue weighted by Crippen LogP contribution is 2.16. The summed E-state index contributed by atoms with van der Waals surface area (Å²) in [6.07, 6.45) is -0.376. The van der Waals surface area contributed by atoms with Crippen LogP contribution in [0.15, 0.2) is 24.3 Å². The number of rotatable bonds is 6. The fourth-order valence-corrected chi connectivity index (χ4v) is 2.68. The zero-order valence-corrected chi connectivity index (χ0v) is 13.6. The highest BCUT2D eigenvalue weighted by atomic mass is 16.3. The highest BCUT2D eigenvalue weighted by Gasteiger charge is 2.19. The lowest BCUT2D eigenvalue weighted by Crippen LogP contribution is -2.48. The van der Waals surface area contributed by atoms with Gasteiger partial charge in [0, 0.05) is 45.8 Å². The van der Waals surface area contributed by atoms with E-state index in [1.165, 1.54) is 5.56 Å². The number of likely N-dealkylation sites (N-methyl/N-ethyl adjacent to an activating group) is 1. The monoisotopic (exact) mass is 291 g/mol. The first kappa shape index (κ1) is 16.4. The number of nitrogens with zero attached hydrogens (tertiary/aromatic N) is 3. The van der Waals surface area contributed by atoms with Gasteiger partial charge in [0.15, 0.2) is 0 Å². The van der Waals surface area contributed by atoms with Crippen LogP contribution in [0.25, 0.3) is 0 Å². The molecule has 1 aliphatic heterocycles. The molecule has 0 aromatic heterocycles. The molecule has 1 saturated heterocycles. The molecule has 4 nitrogen and oxygen atoms in total. The van der Waals surface area contributed by atoms with Crippen molar-refractivity contribution in [3.8, 4) is 0 Å². The van der Waals surface area contributed by atoms with Gasteiger partial charge in [0.2, 0.25) is 0 Å². The van der Waals surface area contributed by atoms with E-state index < -0.39 is 0 Å². The molecule has 118 valence electrons. The van der Waals surface area contributed by atoms with Crippen LogP contribution in [0.5, 0.6) is 0 Å². The van der Waals surface area contributed by atoms with Crippen LogP contribution in [0, 0.1) is 6.92 Å². The van der Waals surface area contributed by atoms with Gasteiger partial charge in [0.25, 0.3) is 0 Å². The van der Waals surface area contributed by atoms with Gasteiger partial charge in [-0.15, -0.1) is 0 Å². The summed E-state index contributed by atoms with van der Waals surface area (Å²) in [5, 5.41) is 10.3. The molecule has 0 spiro atoms. The van der Waals surface area contributed by atoms with E-state index in [1.807, 2.05) is 12.1 Å². The van der Waals surface area contributed by atoms with Crippen molar-refractivity contribution in [3.05, 3.63) is 35.4 Å². The predicted octanol–water partition coefficient (Wildman–Crippen LogP) is 1.21. The lowest BCUT2D eigenvalue weighted by atomic mass is 10.1. The van der Waals surface area contributed by atoms with Crippen molar-refractivity contribution in [3.63, 3.8) is 0 Å². The van der Waals surface area contributed by atoms with Crippen LogP contribution in [-0.2, 0) is 0 Å². The summed E-state index contributed by atoms with van der Waals surface area (Å²) in [6, 6.07) is 8.20. The SMILES string of the molecule is Cc1ccc(C(O)CN2CCN(CCN(C)C)CC2)cc1. The molecule has 0 amide bonds. The smallest absolute Gasteiger partial charge is 0.0916 e. The lowest BCUT2D eigenvalue weighted by Gasteiger charge is -2.36. The summed E-state index contributed by atoms with van der Waals surface area (Å²) in [4.78, 5) is 7.11. The quantitative estimate of drug-likeness (QED) is 0.853. The van der Waals surface area contributed by atoms with Gasteiger partial charge in [-0.1, -0.05) is 29.8 Å². The summed E-state index contributed by atoms with van der Waals surface area (Å²) in [5.74, 6) is 0. The van der Waals surface area contributed by atoms with Crippen molar-refractivity contribution >= 4 is 0 Å². The third kappa shape index (κ3) is 5.40. The normalized spacial score (nSPS) is 19.1. The lowest BCUT2D eigenvalue weighted by molar-refractivity contribution is 0.0704. The van der Waals surface area contributed by atoms with Crippen molar-refractivity contribution in [2.45, 2.75) is 13.0 Å². The van der Waals surface area contributed by atoms with Gasteiger partial charge in [-0.2, -0.15) is 0 Å². The fraction of sp³-hybridized carbons (Fsp3) is 0.647. The molecule has 1 fully saturated rings. The van der Waals surface area contributed by atoms with Gasteiger partial charge in [-0.25, -0.2) is 0 Å². The molecule has 0 radical (unpaired) electrons. The Morgan fingerprint density at radius 1 is 1.05 bits per heavy atom. The van der Waals surface area contributed by atoms with Gasteiger partial charge in [-0.3, -0.25) is 9.80 Å². The number of hydrogen-bond acceptors (Lipinski definition) is 4. The maximum Gasteiger partial charge on any atom is 0.0916 e. The highest BCUT2D eigenvalue weighted by molar-refractivity contribution is 5.23. The topological polar surface area (TPSA) is 30.0 Å². The Bertz CT molecular complexity index is 411. The van der Waals surface area contributed by atoms with Crippen molar-refractivity contribution in [1.82, 2.24) is 14.7 Å². The maximum atomic E-state index is 10.3. The first-order chi connectivity index (χ1) is 10.0. The molecule has 1 atom stereocenters. The molecule has 0 bridgehead atoms. The number of aliphatic hydroxyl groups excluding tert-OH is 1. The molecule has 21 heavy (non-hydrogen) atoms. The molecule has 1 unspecified atom stereocenters. The Kier molecular flexibility index (Phi) is 6.18. The predicted molar refractivity (Wildman–Crippen MR) is 87.6 cm³/mol. The molecule has 1 N–H and O–H groups in total. The Balaban J connectivity index is 1.74. The van der Waals surface area contributed by atoms with Gasteiger partial charge in [0.1, 0.15) is 0 Å². The minimum Gasteiger partial charge on any atom is -0.387 e.